The van der Waals surface area contributed by atoms with Crippen molar-refractivity contribution in [1.82, 2.24) is 0 Å². The van der Waals surface area contributed by atoms with E-state index in [0.717, 1.165) is 40.4 Å². The van der Waals surface area contributed by atoms with E-state index in [4.69, 9.17) is 4.74 Å². The number of fused-ring (bicyclic) bond motifs is 1. The largest absolute Gasteiger partial charge is 0.452 e. The van der Waals surface area contributed by atoms with Crippen LogP contribution in [-0.2, 0) is 22.4 Å². The number of nitrogens with one attached hydrogen (secondary N) is 1. The predicted octanol–water partition coefficient (Wildman–Crippen LogP) is 4.76. The van der Waals surface area contributed by atoms with Gasteiger partial charge < -0.3 is 10.1 Å². The number of aryl methyl sites for hydroxylation is 2. The molecule has 3 rings (SSSR count). The number of benzene rings is 3. The molecule has 0 radical (unpaired) electrons. The second-order valence-corrected chi connectivity index (χ2v) is 6.31. The van der Waals surface area contributed by atoms with Gasteiger partial charge in [-0.3, -0.25) is 4.79 Å². The van der Waals surface area contributed by atoms with Crippen LogP contribution in [0.2, 0.25) is 0 Å². The quantitative estimate of drug-likeness (QED) is 0.644. The van der Waals surface area contributed by atoms with Gasteiger partial charge in [-0.2, -0.15) is 0 Å². The first kappa shape index (κ1) is 18.6. The lowest BCUT2D eigenvalue weighted by Gasteiger charge is -2.14. The molecule has 27 heavy (non-hydrogen) atoms. The number of rotatable bonds is 6. The molecule has 0 heterocycles. The molecule has 0 aliphatic rings. The summed E-state index contributed by atoms with van der Waals surface area (Å²) in [5.41, 5.74) is 3.43. The van der Waals surface area contributed by atoms with E-state index >= 15 is 0 Å². The van der Waals surface area contributed by atoms with Crippen LogP contribution < -0.4 is 5.32 Å². The van der Waals surface area contributed by atoms with Crippen LogP contribution in [0.3, 0.4) is 0 Å². The highest BCUT2D eigenvalue weighted by Crippen LogP contribution is 2.23. The summed E-state index contributed by atoms with van der Waals surface area (Å²) in [6.07, 6.45) is 1.64. The van der Waals surface area contributed by atoms with Gasteiger partial charge in [0.1, 0.15) is 0 Å². The first-order chi connectivity index (χ1) is 13.1. The number of amides is 1. The van der Waals surface area contributed by atoms with Gasteiger partial charge in [0.2, 0.25) is 0 Å². The number of anilines is 1. The third kappa shape index (κ3) is 4.17. The van der Waals surface area contributed by atoms with Crippen LogP contribution in [0.1, 0.15) is 35.3 Å². The highest BCUT2D eigenvalue weighted by atomic mass is 16.5. The Labute approximate surface area is 159 Å². The smallest absolute Gasteiger partial charge is 0.339 e. The van der Waals surface area contributed by atoms with Gasteiger partial charge in [0.05, 0.1) is 5.56 Å². The Hall–Kier alpha value is -3.14. The standard InChI is InChI=1S/C23H23NO3/c1-3-16-10-7-11-17(4-2)22(16)24-21(25)15-27-23(26)20-14-8-12-18-9-5-6-13-19(18)20/h5-14H,3-4,15H2,1-2H3,(H,24,25). The average Bonchev–Trinajstić information content (AvgIpc) is 2.71. The zero-order valence-corrected chi connectivity index (χ0v) is 15.6. The highest BCUT2D eigenvalue weighted by molar-refractivity contribution is 6.05. The molecular weight excluding hydrogens is 338 g/mol. The Bertz CT molecular complexity index is 951. The Kier molecular flexibility index (Phi) is 5.87. The molecule has 3 aromatic rings. The fraction of sp³-hybridized carbons (Fsp3) is 0.217. The number of hydrogen-bond donors (Lipinski definition) is 1. The first-order valence-electron chi connectivity index (χ1n) is 9.19. The zero-order valence-electron chi connectivity index (χ0n) is 15.6. The van der Waals surface area contributed by atoms with E-state index in [1.807, 2.05) is 68.4 Å². The molecule has 0 atom stereocenters. The molecule has 1 N–H and O–H groups in total. The van der Waals surface area contributed by atoms with E-state index < -0.39 is 5.97 Å². The van der Waals surface area contributed by atoms with Crippen LogP contribution in [0.15, 0.2) is 60.7 Å². The fourth-order valence-electron chi connectivity index (χ4n) is 3.19. The lowest BCUT2D eigenvalue weighted by Crippen LogP contribution is -2.22. The third-order valence-electron chi connectivity index (χ3n) is 4.61. The maximum Gasteiger partial charge on any atom is 0.339 e. The number of carbonyl (C=O) groups is 2. The van der Waals surface area contributed by atoms with Crippen LogP contribution in [0, 0.1) is 0 Å². The second kappa shape index (κ2) is 8.49. The molecule has 138 valence electrons. The van der Waals surface area contributed by atoms with Crippen molar-refractivity contribution in [3.05, 3.63) is 77.4 Å². The minimum Gasteiger partial charge on any atom is -0.452 e. The molecule has 3 aromatic carbocycles. The topological polar surface area (TPSA) is 55.4 Å². The maximum absolute atomic E-state index is 12.5. The van der Waals surface area contributed by atoms with Crippen molar-refractivity contribution in [3.8, 4) is 0 Å². The van der Waals surface area contributed by atoms with Gasteiger partial charge in [-0.1, -0.05) is 68.4 Å². The molecule has 1 amide bonds. The summed E-state index contributed by atoms with van der Waals surface area (Å²) < 4.78 is 5.27. The van der Waals surface area contributed by atoms with Crippen molar-refractivity contribution < 1.29 is 14.3 Å². The molecule has 0 saturated carbocycles. The van der Waals surface area contributed by atoms with Crippen molar-refractivity contribution in [2.24, 2.45) is 0 Å². The molecule has 4 nitrogen and oxygen atoms in total. The van der Waals surface area contributed by atoms with E-state index in [2.05, 4.69) is 5.32 Å². The Balaban J connectivity index is 1.70. The van der Waals surface area contributed by atoms with Crippen molar-refractivity contribution in [1.29, 1.82) is 0 Å². The van der Waals surface area contributed by atoms with Crippen molar-refractivity contribution >= 4 is 28.3 Å². The van der Waals surface area contributed by atoms with Gasteiger partial charge in [0, 0.05) is 5.69 Å². The van der Waals surface area contributed by atoms with E-state index in [0.29, 0.717) is 5.56 Å². The molecule has 0 bridgehead atoms. The first-order valence-corrected chi connectivity index (χ1v) is 9.19. The summed E-state index contributed by atoms with van der Waals surface area (Å²) in [6, 6.07) is 19.0. The van der Waals surface area contributed by atoms with Crippen molar-refractivity contribution in [2.75, 3.05) is 11.9 Å². The van der Waals surface area contributed by atoms with Gasteiger partial charge in [-0.25, -0.2) is 4.79 Å². The predicted molar refractivity (Wildman–Crippen MR) is 108 cm³/mol. The number of ether oxygens (including phenoxy) is 1. The monoisotopic (exact) mass is 361 g/mol. The summed E-state index contributed by atoms with van der Waals surface area (Å²) in [7, 11) is 0. The summed E-state index contributed by atoms with van der Waals surface area (Å²) in [6.45, 7) is 3.78. The molecule has 0 aliphatic carbocycles. The van der Waals surface area contributed by atoms with E-state index in [-0.39, 0.29) is 12.5 Å². The lowest BCUT2D eigenvalue weighted by atomic mass is 10.0. The van der Waals surface area contributed by atoms with Crippen LogP contribution in [0.25, 0.3) is 10.8 Å². The van der Waals surface area contributed by atoms with Gasteiger partial charge in [0.15, 0.2) is 6.61 Å². The summed E-state index contributed by atoms with van der Waals surface area (Å²) in [5.74, 6) is -0.833. The van der Waals surface area contributed by atoms with Crippen LogP contribution >= 0.6 is 0 Å². The molecule has 0 saturated heterocycles. The Morgan fingerprint density at radius 1 is 0.852 bits per heavy atom. The molecular formula is C23H23NO3. The summed E-state index contributed by atoms with van der Waals surface area (Å²) in [4.78, 5) is 24.8. The average molecular weight is 361 g/mol. The van der Waals surface area contributed by atoms with E-state index in [9.17, 15) is 9.59 Å². The number of esters is 1. The van der Waals surface area contributed by atoms with Crippen molar-refractivity contribution in [3.63, 3.8) is 0 Å². The van der Waals surface area contributed by atoms with E-state index in [1.54, 1.807) is 6.07 Å². The van der Waals surface area contributed by atoms with Crippen LogP contribution in [-0.4, -0.2) is 18.5 Å². The fourth-order valence-corrected chi connectivity index (χ4v) is 3.19. The molecule has 0 fully saturated rings. The van der Waals surface area contributed by atoms with Gasteiger partial charge >= 0.3 is 5.97 Å². The van der Waals surface area contributed by atoms with Crippen LogP contribution in [0.5, 0.6) is 0 Å². The molecule has 0 aromatic heterocycles. The SMILES string of the molecule is CCc1cccc(CC)c1NC(=O)COC(=O)c1cccc2ccccc12. The zero-order chi connectivity index (χ0) is 19.2. The third-order valence-corrected chi connectivity index (χ3v) is 4.61. The van der Waals surface area contributed by atoms with Crippen LogP contribution in [0.4, 0.5) is 5.69 Å². The molecule has 0 spiro atoms. The Morgan fingerprint density at radius 3 is 2.19 bits per heavy atom. The number of para-hydroxylation sites is 1. The highest BCUT2D eigenvalue weighted by Gasteiger charge is 2.15. The molecule has 0 unspecified atom stereocenters. The van der Waals surface area contributed by atoms with Crippen molar-refractivity contribution in [2.45, 2.75) is 26.7 Å². The minimum atomic E-state index is -0.499. The second-order valence-electron chi connectivity index (χ2n) is 6.31. The molecule has 0 aliphatic heterocycles. The lowest BCUT2D eigenvalue weighted by molar-refractivity contribution is -0.119. The van der Waals surface area contributed by atoms with Gasteiger partial charge in [-0.15, -0.1) is 0 Å². The van der Waals surface area contributed by atoms with Gasteiger partial charge in [0.25, 0.3) is 5.91 Å². The van der Waals surface area contributed by atoms with E-state index in [1.165, 1.54) is 0 Å². The number of hydrogen-bond acceptors (Lipinski definition) is 3. The molecule has 4 heteroatoms. The van der Waals surface area contributed by atoms with Gasteiger partial charge in [-0.05, 0) is 40.8 Å². The summed E-state index contributed by atoms with van der Waals surface area (Å²) >= 11 is 0. The minimum absolute atomic E-state index is 0.316. The normalized spacial score (nSPS) is 10.6. The Morgan fingerprint density at radius 2 is 1.48 bits per heavy atom. The summed E-state index contributed by atoms with van der Waals surface area (Å²) in [5, 5.41) is 4.68. The number of carbonyl (C=O) groups excluding carboxylic acids is 2. The maximum atomic E-state index is 12.5.